The van der Waals surface area contributed by atoms with Gasteiger partial charge in [0.25, 0.3) is 5.91 Å². The van der Waals surface area contributed by atoms with Gasteiger partial charge in [-0.25, -0.2) is 0 Å². The Morgan fingerprint density at radius 3 is 2.24 bits per heavy atom. The Bertz CT molecular complexity index is 935. The summed E-state index contributed by atoms with van der Waals surface area (Å²) in [5.74, 6) is -0.0546. The molecular formula is C22H26N2O. The molecule has 130 valence electrons. The van der Waals surface area contributed by atoms with Gasteiger partial charge in [0, 0.05) is 27.6 Å². The van der Waals surface area contributed by atoms with Gasteiger partial charge in [-0.1, -0.05) is 44.5 Å². The largest absolute Gasteiger partial charge is 0.358 e. The Morgan fingerprint density at radius 2 is 1.64 bits per heavy atom. The average Bonchev–Trinajstić information content (AvgIpc) is 2.91. The van der Waals surface area contributed by atoms with Crippen molar-refractivity contribution in [2.75, 3.05) is 5.32 Å². The lowest BCUT2D eigenvalue weighted by Crippen LogP contribution is -2.15. The molecule has 0 aliphatic carbocycles. The molecule has 3 rings (SSSR count). The van der Waals surface area contributed by atoms with Gasteiger partial charge in [0.15, 0.2) is 0 Å². The number of fused-ring (bicyclic) bond motifs is 1. The molecule has 3 aromatic rings. The zero-order valence-corrected chi connectivity index (χ0v) is 15.9. The van der Waals surface area contributed by atoms with Gasteiger partial charge in [0.05, 0.1) is 5.69 Å². The number of aromatic amines is 1. The highest BCUT2D eigenvalue weighted by Crippen LogP contribution is 2.30. The maximum atomic E-state index is 12.9. The first-order valence-electron chi connectivity index (χ1n) is 8.68. The molecule has 1 amide bonds. The number of carbonyl (C=O) groups is 1. The number of H-pyrrole nitrogens is 1. The van der Waals surface area contributed by atoms with Crippen LogP contribution in [0, 0.1) is 20.8 Å². The number of benzene rings is 2. The minimum absolute atomic E-state index is 0.0322. The molecule has 0 aliphatic heterocycles. The summed E-state index contributed by atoms with van der Waals surface area (Å²) >= 11 is 0. The van der Waals surface area contributed by atoms with E-state index in [0.29, 0.717) is 0 Å². The maximum Gasteiger partial charge on any atom is 0.256 e. The molecule has 0 spiro atoms. The molecular weight excluding hydrogens is 308 g/mol. The van der Waals surface area contributed by atoms with Crippen LogP contribution in [0.2, 0.25) is 0 Å². The predicted octanol–water partition coefficient (Wildman–Crippen LogP) is 5.64. The molecule has 0 radical (unpaired) electrons. The smallest absolute Gasteiger partial charge is 0.256 e. The number of aromatic nitrogens is 1. The van der Waals surface area contributed by atoms with Crippen LogP contribution in [0.5, 0.6) is 0 Å². The van der Waals surface area contributed by atoms with Crippen molar-refractivity contribution in [3.8, 4) is 0 Å². The van der Waals surface area contributed by atoms with Gasteiger partial charge in [-0.2, -0.15) is 0 Å². The summed E-state index contributed by atoms with van der Waals surface area (Å²) in [5.41, 5.74) is 7.02. The molecule has 0 fully saturated rings. The summed E-state index contributed by atoms with van der Waals surface area (Å²) in [6, 6.07) is 12.2. The Hall–Kier alpha value is -2.55. The second-order valence-electron chi connectivity index (χ2n) is 7.93. The molecule has 0 saturated carbocycles. The van der Waals surface area contributed by atoms with Crippen molar-refractivity contribution in [2.45, 2.75) is 47.0 Å². The van der Waals surface area contributed by atoms with Crippen molar-refractivity contribution in [1.29, 1.82) is 0 Å². The van der Waals surface area contributed by atoms with Crippen LogP contribution in [0.25, 0.3) is 10.9 Å². The lowest BCUT2D eigenvalue weighted by atomic mass is 9.92. The first-order chi connectivity index (χ1) is 11.7. The summed E-state index contributed by atoms with van der Waals surface area (Å²) in [4.78, 5) is 16.4. The summed E-state index contributed by atoms with van der Waals surface area (Å²) < 4.78 is 0. The molecule has 0 saturated heterocycles. The molecule has 0 bridgehead atoms. The van der Waals surface area contributed by atoms with Gasteiger partial charge in [-0.05, 0) is 50.1 Å². The zero-order valence-electron chi connectivity index (χ0n) is 15.9. The molecule has 25 heavy (non-hydrogen) atoms. The second kappa shape index (κ2) is 6.07. The summed E-state index contributed by atoms with van der Waals surface area (Å²) in [6.07, 6.45) is 0. The van der Waals surface area contributed by atoms with Crippen LogP contribution in [0.1, 0.15) is 53.5 Å². The number of anilines is 1. The Morgan fingerprint density at radius 1 is 1.00 bits per heavy atom. The SMILES string of the molecule is Cc1cc(C)c(C(=O)Nc2cccc3[nH]c(C(C)(C)C)cc23)c(C)c1. The van der Waals surface area contributed by atoms with Crippen LogP contribution in [-0.4, -0.2) is 10.9 Å². The molecule has 3 heteroatoms. The molecule has 1 aromatic heterocycles. The van der Waals surface area contributed by atoms with Crippen LogP contribution >= 0.6 is 0 Å². The molecule has 3 nitrogen and oxygen atoms in total. The van der Waals surface area contributed by atoms with Crippen LogP contribution in [0.3, 0.4) is 0 Å². The monoisotopic (exact) mass is 334 g/mol. The first kappa shape index (κ1) is 17.3. The number of aryl methyl sites for hydroxylation is 3. The van der Waals surface area contributed by atoms with Crippen molar-refractivity contribution >= 4 is 22.5 Å². The normalized spacial score (nSPS) is 11.8. The van der Waals surface area contributed by atoms with E-state index in [9.17, 15) is 4.79 Å². The number of rotatable bonds is 2. The van der Waals surface area contributed by atoms with Crippen LogP contribution in [0.15, 0.2) is 36.4 Å². The van der Waals surface area contributed by atoms with Crippen LogP contribution in [0.4, 0.5) is 5.69 Å². The summed E-state index contributed by atoms with van der Waals surface area (Å²) in [7, 11) is 0. The van der Waals surface area contributed by atoms with Gasteiger partial charge in [0.2, 0.25) is 0 Å². The predicted molar refractivity (Wildman–Crippen MR) is 106 cm³/mol. The van der Waals surface area contributed by atoms with Crippen LogP contribution < -0.4 is 5.32 Å². The fourth-order valence-corrected chi connectivity index (χ4v) is 3.39. The number of nitrogens with one attached hydrogen (secondary N) is 2. The molecule has 0 unspecified atom stereocenters. The molecule has 0 aliphatic rings. The number of hydrogen-bond acceptors (Lipinski definition) is 1. The molecule has 1 heterocycles. The van der Waals surface area contributed by atoms with E-state index in [1.165, 1.54) is 5.56 Å². The number of amides is 1. The van der Waals surface area contributed by atoms with E-state index in [0.717, 1.165) is 39.0 Å². The highest BCUT2D eigenvalue weighted by molar-refractivity contribution is 6.10. The Kier molecular flexibility index (Phi) is 4.19. The molecule has 2 N–H and O–H groups in total. The van der Waals surface area contributed by atoms with Crippen molar-refractivity contribution < 1.29 is 4.79 Å². The minimum Gasteiger partial charge on any atom is -0.358 e. The van der Waals surface area contributed by atoms with Gasteiger partial charge >= 0.3 is 0 Å². The summed E-state index contributed by atoms with van der Waals surface area (Å²) in [5, 5.41) is 4.15. The number of carbonyl (C=O) groups excluding carboxylic acids is 1. The van der Waals surface area contributed by atoms with Crippen LogP contribution in [-0.2, 0) is 5.41 Å². The van der Waals surface area contributed by atoms with Crippen molar-refractivity contribution in [2.24, 2.45) is 0 Å². The van der Waals surface area contributed by atoms with Crippen molar-refractivity contribution in [3.05, 3.63) is 64.3 Å². The van der Waals surface area contributed by atoms with E-state index in [-0.39, 0.29) is 11.3 Å². The zero-order chi connectivity index (χ0) is 18.4. The standard InChI is InChI=1S/C22H26N2O/c1-13-10-14(2)20(15(3)11-13)21(25)24-18-9-7-8-17-16(18)12-19(23-17)22(4,5)6/h7-12,23H,1-6H3,(H,24,25). The van der Waals surface area contributed by atoms with Gasteiger partial charge < -0.3 is 10.3 Å². The van der Waals surface area contributed by atoms with E-state index in [2.05, 4.69) is 56.2 Å². The third-order valence-corrected chi connectivity index (χ3v) is 4.62. The van der Waals surface area contributed by atoms with Crippen molar-refractivity contribution in [1.82, 2.24) is 4.98 Å². The lowest BCUT2D eigenvalue weighted by Gasteiger charge is -2.15. The van der Waals surface area contributed by atoms with E-state index >= 15 is 0 Å². The third-order valence-electron chi connectivity index (χ3n) is 4.62. The van der Waals surface area contributed by atoms with E-state index in [4.69, 9.17) is 0 Å². The van der Waals surface area contributed by atoms with E-state index in [1.807, 2.05) is 32.0 Å². The van der Waals surface area contributed by atoms with Gasteiger partial charge in [-0.15, -0.1) is 0 Å². The third kappa shape index (κ3) is 3.32. The molecule has 2 aromatic carbocycles. The topological polar surface area (TPSA) is 44.9 Å². The number of hydrogen-bond donors (Lipinski definition) is 2. The van der Waals surface area contributed by atoms with Gasteiger partial charge in [0.1, 0.15) is 0 Å². The van der Waals surface area contributed by atoms with Crippen molar-refractivity contribution in [3.63, 3.8) is 0 Å². The maximum absolute atomic E-state index is 12.9. The molecule has 0 atom stereocenters. The fourth-order valence-electron chi connectivity index (χ4n) is 3.39. The quantitative estimate of drug-likeness (QED) is 0.625. The highest BCUT2D eigenvalue weighted by atomic mass is 16.1. The summed E-state index contributed by atoms with van der Waals surface area (Å²) in [6.45, 7) is 12.6. The second-order valence-corrected chi connectivity index (χ2v) is 7.93. The fraction of sp³-hybridized carbons (Fsp3) is 0.318. The first-order valence-corrected chi connectivity index (χ1v) is 8.68. The highest BCUT2D eigenvalue weighted by Gasteiger charge is 2.19. The average molecular weight is 334 g/mol. The minimum atomic E-state index is -0.0546. The van der Waals surface area contributed by atoms with E-state index < -0.39 is 0 Å². The van der Waals surface area contributed by atoms with Gasteiger partial charge in [-0.3, -0.25) is 4.79 Å². The Labute approximate surface area is 149 Å². The van der Waals surface area contributed by atoms with E-state index in [1.54, 1.807) is 0 Å². The Balaban J connectivity index is 2.01. The lowest BCUT2D eigenvalue weighted by molar-refractivity contribution is 0.102.